The number of hydrogen-bond acceptors (Lipinski definition) is 3. The molecule has 0 aliphatic carbocycles. The van der Waals surface area contributed by atoms with E-state index in [0.717, 1.165) is 13.2 Å². The zero-order valence-corrected chi connectivity index (χ0v) is 10.2. The topological polar surface area (TPSA) is 24.5 Å². The van der Waals surface area contributed by atoms with Crippen LogP contribution in [0.3, 0.4) is 0 Å². The van der Waals surface area contributed by atoms with E-state index in [1.54, 1.807) is 7.11 Å². The summed E-state index contributed by atoms with van der Waals surface area (Å²) in [6, 6.07) is 0.652. The molecule has 0 rings (SSSR count). The molecule has 0 fully saturated rings. The minimum Gasteiger partial charge on any atom is -0.383 e. The molecule has 0 amide bonds. The quantitative estimate of drug-likeness (QED) is 0.571. The van der Waals surface area contributed by atoms with E-state index in [2.05, 4.69) is 24.2 Å². The molecule has 1 atom stereocenters. The predicted molar refractivity (Wildman–Crippen MR) is 61.7 cm³/mol. The third kappa shape index (κ3) is 8.48. The van der Waals surface area contributed by atoms with Crippen molar-refractivity contribution in [1.29, 1.82) is 0 Å². The highest BCUT2D eigenvalue weighted by atomic mass is 16.5. The zero-order valence-electron chi connectivity index (χ0n) is 10.2. The van der Waals surface area contributed by atoms with Crippen molar-refractivity contribution in [2.24, 2.45) is 0 Å². The Kier molecular flexibility index (Phi) is 9.35. The molecule has 0 aliphatic rings. The molecule has 0 aromatic rings. The molecule has 14 heavy (non-hydrogen) atoms. The lowest BCUT2D eigenvalue weighted by atomic mass is 10.1. The van der Waals surface area contributed by atoms with Gasteiger partial charge in [0.25, 0.3) is 0 Å². The summed E-state index contributed by atoms with van der Waals surface area (Å²) in [7, 11) is 5.93. The average Bonchev–Trinajstić information content (AvgIpc) is 2.21. The predicted octanol–water partition coefficient (Wildman–Crippen LogP) is 1.34. The van der Waals surface area contributed by atoms with Gasteiger partial charge in [-0.2, -0.15) is 0 Å². The number of ether oxygens (including phenoxy) is 1. The number of likely N-dealkylation sites (N-methyl/N-ethyl adjacent to an activating group) is 1. The molecule has 0 heterocycles. The molecule has 0 saturated heterocycles. The molecule has 0 bridgehead atoms. The van der Waals surface area contributed by atoms with E-state index in [4.69, 9.17) is 4.74 Å². The molecule has 0 spiro atoms. The van der Waals surface area contributed by atoms with Crippen molar-refractivity contribution < 1.29 is 4.74 Å². The van der Waals surface area contributed by atoms with E-state index >= 15 is 0 Å². The van der Waals surface area contributed by atoms with Crippen molar-refractivity contribution in [3.05, 3.63) is 0 Å². The highest BCUT2D eigenvalue weighted by molar-refractivity contribution is 4.58. The van der Waals surface area contributed by atoms with Gasteiger partial charge in [0.1, 0.15) is 0 Å². The van der Waals surface area contributed by atoms with E-state index < -0.39 is 0 Å². The van der Waals surface area contributed by atoms with E-state index in [1.807, 2.05) is 7.05 Å². The van der Waals surface area contributed by atoms with Crippen LogP contribution in [0.5, 0.6) is 0 Å². The van der Waals surface area contributed by atoms with Crippen LogP contribution >= 0.6 is 0 Å². The second-order valence-corrected chi connectivity index (χ2v) is 3.98. The lowest BCUT2D eigenvalue weighted by Crippen LogP contribution is -2.25. The number of hydrogen-bond donors (Lipinski definition) is 1. The van der Waals surface area contributed by atoms with Gasteiger partial charge in [-0.1, -0.05) is 6.42 Å². The van der Waals surface area contributed by atoms with E-state index in [9.17, 15) is 0 Å². The third-order valence-corrected chi connectivity index (χ3v) is 2.60. The molecule has 3 heteroatoms. The van der Waals surface area contributed by atoms with E-state index in [0.29, 0.717) is 6.04 Å². The number of nitrogens with zero attached hydrogens (tertiary/aromatic N) is 1. The summed E-state index contributed by atoms with van der Waals surface area (Å²) in [5.74, 6) is 0. The summed E-state index contributed by atoms with van der Waals surface area (Å²) in [5, 5.41) is 3.25. The van der Waals surface area contributed by atoms with Gasteiger partial charge in [-0.3, -0.25) is 0 Å². The summed E-state index contributed by atoms with van der Waals surface area (Å²) in [4.78, 5) is 2.33. The Hall–Kier alpha value is -0.120. The van der Waals surface area contributed by atoms with Crippen LogP contribution in [0.15, 0.2) is 0 Å². The maximum Gasteiger partial charge on any atom is 0.0589 e. The Balaban J connectivity index is 3.18. The molecule has 0 aromatic heterocycles. The Morgan fingerprint density at radius 3 is 2.57 bits per heavy atom. The van der Waals surface area contributed by atoms with Crippen LogP contribution in [0.2, 0.25) is 0 Å². The number of unbranched alkanes of at least 4 members (excludes halogenated alkanes) is 1. The third-order valence-electron chi connectivity index (χ3n) is 2.60. The average molecular weight is 202 g/mol. The summed E-state index contributed by atoms with van der Waals surface area (Å²) < 4.78 is 5.02. The molecule has 0 aliphatic heterocycles. The minimum absolute atomic E-state index is 0.652. The normalized spacial score (nSPS) is 13.5. The van der Waals surface area contributed by atoms with Gasteiger partial charge in [0, 0.05) is 19.7 Å². The van der Waals surface area contributed by atoms with Gasteiger partial charge in [0.05, 0.1) is 6.61 Å². The second-order valence-electron chi connectivity index (χ2n) is 3.98. The van der Waals surface area contributed by atoms with Crippen LogP contribution in [0, 0.1) is 0 Å². The van der Waals surface area contributed by atoms with Gasteiger partial charge in [-0.15, -0.1) is 0 Å². The fourth-order valence-electron chi connectivity index (χ4n) is 1.34. The SMILES string of the molecule is CNC(C)CCCCN(C)CCOC. The first-order valence-corrected chi connectivity index (χ1v) is 5.55. The molecule has 86 valence electrons. The minimum atomic E-state index is 0.652. The monoisotopic (exact) mass is 202 g/mol. The molecule has 0 saturated carbocycles. The van der Waals surface area contributed by atoms with Crippen LogP contribution in [0.1, 0.15) is 26.2 Å². The lowest BCUT2D eigenvalue weighted by Gasteiger charge is -2.16. The van der Waals surface area contributed by atoms with Gasteiger partial charge in [0.2, 0.25) is 0 Å². The van der Waals surface area contributed by atoms with Gasteiger partial charge < -0.3 is 15.0 Å². The molecular weight excluding hydrogens is 176 g/mol. The van der Waals surface area contributed by atoms with Crippen molar-refractivity contribution in [2.75, 3.05) is 40.9 Å². The van der Waals surface area contributed by atoms with Crippen molar-refractivity contribution >= 4 is 0 Å². The Labute approximate surface area is 88.8 Å². The van der Waals surface area contributed by atoms with Crippen LogP contribution < -0.4 is 5.32 Å². The number of rotatable bonds is 9. The van der Waals surface area contributed by atoms with Crippen molar-refractivity contribution in [3.63, 3.8) is 0 Å². The smallest absolute Gasteiger partial charge is 0.0589 e. The van der Waals surface area contributed by atoms with E-state index in [-0.39, 0.29) is 0 Å². The number of methoxy groups -OCH3 is 1. The molecular formula is C11H26N2O. The van der Waals surface area contributed by atoms with E-state index in [1.165, 1.54) is 25.8 Å². The first-order valence-electron chi connectivity index (χ1n) is 5.55. The highest BCUT2D eigenvalue weighted by Crippen LogP contribution is 2.00. The Morgan fingerprint density at radius 2 is 2.00 bits per heavy atom. The van der Waals surface area contributed by atoms with Gasteiger partial charge in [0.15, 0.2) is 0 Å². The lowest BCUT2D eigenvalue weighted by molar-refractivity contribution is 0.160. The highest BCUT2D eigenvalue weighted by Gasteiger charge is 2.00. The maximum absolute atomic E-state index is 5.02. The molecule has 0 radical (unpaired) electrons. The van der Waals surface area contributed by atoms with Crippen LogP contribution in [0.4, 0.5) is 0 Å². The van der Waals surface area contributed by atoms with Gasteiger partial charge in [-0.05, 0) is 40.4 Å². The molecule has 0 aromatic carbocycles. The van der Waals surface area contributed by atoms with Gasteiger partial charge >= 0.3 is 0 Å². The summed E-state index contributed by atoms with van der Waals surface area (Å²) in [5.41, 5.74) is 0. The van der Waals surface area contributed by atoms with Crippen LogP contribution in [-0.2, 0) is 4.74 Å². The molecule has 1 N–H and O–H groups in total. The van der Waals surface area contributed by atoms with Crippen molar-refractivity contribution in [3.8, 4) is 0 Å². The van der Waals surface area contributed by atoms with Crippen molar-refractivity contribution in [1.82, 2.24) is 10.2 Å². The fourth-order valence-corrected chi connectivity index (χ4v) is 1.34. The summed E-state index contributed by atoms with van der Waals surface area (Å²) in [6.45, 7) is 5.29. The van der Waals surface area contributed by atoms with Crippen LogP contribution in [0.25, 0.3) is 0 Å². The molecule has 1 unspecified atom stereocenters. The summed E-state index contributed by atoms with van der Waals surface area (Å²) >= 11 is 0. The standard InChI is InChI=1S/C11H26N2O/c1-11(12-2)7-5-6-8-13(3)9-10-14-4/h11-12H,5-10H2,1-4H3. The Bertz CT molecular complexity index is 120. The maximum atomic E-state index is 5.02. The number of nitrogens with one attached hydrogen (secondary N) is 1. The first-order chi connectivity index (χ1) is 6.70. The second kappa shape index (κ2) is 9.44. The first kappa shape index (κ1) is 13.9. The fraction of sp³-hybridized carbons (Fsp3) is 1.00. The molecule has 3 nitrogen and oxygen atoms in total. The van der Waals surface area contributed by atoms with Crippen LogP contribution in [-0.4, -0.2) is 51.8 Å². The largest absolute Gasteiger partial charge is 0.383 e. The van der Waals surface area contributed by atoms with Gasteiger partial charge in [-0.25, -0.2) is 0 Å². The summed E-state index contributed by atoms with van der Waals surface area (Å²) in [6.07, 6.45) is 3.86. The van der Waals surface area contributed by atoms with Crippen molar-refractivity contribution in [2.45, 2.75) is 32.2 Å². The Morgan fingerprint density at radius 1 is 1.29 bits per heavy atom. The zero-order chi connectivity index (χ0) is 10.8.